The summed E-state index contributed by atoms with van der Waals surface area (Å²) in [6.45, 7) is 4.85. The first-order valence-corrected chi connectivity index (χ1v) is 8.08. The number of rotatable bonds is 3. The van der Waals surface area contributed by atoms with Crippen LogP contribution in [0.15, 0.2) is 36.4 Å². The maximum atomic E-state index is 12.4. The molecule has 1 aromatic heterocycles. The lowest BCUT2D eigenvalue weighted by Gasteiger charge is -2.35. The van der Waals surface area contributed by atoms with Crippen molar-refractivity contribution in [3.8, 4) is 0 Å². The molecule has 2 aromatic rings. The average Bonchev–Trinajstić information content (AvgIpc) is 2.58. The molecule has 0 radical (unpaired) electrons. The topological polar surface area (TPSA) is 49.3 Å². The Kier molecular flexibility index (Phi) is 4.76. The number of amides is 1. The van der Waals surface area contributed by atoms with E-state index in [-0.39, 0.29) is 5.91 Å². The van der Waals surface area contributed by atoms with E-state index in [1.54, 1.807) is 0 Å². The highest BCUT2D eigenvalue weighted by atomic mass is 35.5. The van der Waals surface area contributed by atoms with E-state index in [9.17, 15) is 4.79 Å². The molecule has 0 saturated carbocycles. The Morgan fingerprint density at radius 1 is 1.09 bits per heavy atom. The first-order chi connectivity index (χ1) is 11.1. The van der Waals surface area contributed by atoms with E-state index in [0.717, 1.165) is 30.2 Å². The minimum Gasteiger partial charge on any atom is -0.352 e. The van der Waals surface area contributed by atoms with E-state index in [4.69, 9.17) is 11.6 Å². The fraction of sp³-hybridized carbons (Fsp3) is 0.353. The van der Waals surface area contributed by atoms with Crippen molar-refractivity contribution in [2.24, 2.45) is 0 Å². The second-order valence-electron chi connectivity index (χ2n) is 5.67. The quantitative estimate of drug-likeness (QED) is 0.866. The summed E-state index contributed by atoms with van der Waals surface area (Å²) < 4.78 is 0. The lowest BCUT2D eigenvalue weighted by atomic mass is 10.1. The zero-order valence-corrected chi connectivity index (χ0v) is 13.8. The third-order valence-corrected chi connectivity index (χ3v) is 4.41. The third kappa shape index (κ3) is 3.79. The number of hydrogen-bond donors (Lipinski definition) is 0. The van der Waals surface area contributed by atoms with Gasteiger partial charge in [-0.2, -0.15) is 5.10 Å². The third-order valence-electron chi connectivity index (χ3n) is 4.04. The molecule has 1 amide bonds. The van der Waals surface area contributed by atoms with E-state index < -0.39 is 0 Å². The molecular formula is C17H19ClN4O. The Balaban J connectivity index is 1.57. The van der Waals surface area contributed by atoms with Gasteiger partial charge in [-0.15, -0.1) is 5.10 Å². The maximum absolute atomic E-state index is 12.4. The van der Waals surface area contributed by atoms with Crippen LogP contribution in [0.1, 0.15) is 11.3 Å². The van der Waals surface area contributed by atoms with Crippen LogP contribution in [0.25, 0.3) is 0 Å². The van der Waals surface area contributed by atoms with Gasteiger partial charge in [-0.3, -0.25) is 4.79 Å². The molecule has 1 fully saturated rings. The van der Waals surface area contributed by atoms with Crippen LogP contribution in [0, 0.1) is 6.92 Å². The van der Waals surface area contributed by atoms with Gasteiger partial charge in [-0.1, -0.05) is 29.8 Å². The van der Waals surface area contributed by atoms with Crippen LogP contribution in [0.3, 0.4) is 0 Å². The molecule has 23 heavy (non-hydrogen) atoms. The SMILES string of the molecule is Cc1ccc(N2CCN(C(=O)Cc3ccccc3Cl)CC2)nn1. The van der Waals surface area contributed by atoms with Gasteiger partial charge in [0.25, 0.3) is 0 Å². The van der Waals surface area contributed by atoms with Gasteiger partial charge in [-0.05, 0) is 30.7 Å². The smallest absolute Gasteiger partial charge is 0.227 e. The number of benzene rings is 1. The highest BCUT2D eigenvalue weighted by Gasteiger charge is 2.22. The number of hydrogen-bond acceptors (Lipinski definition) is 4. The Morgan fingerprint density at radius 3 is 2.48 bits per heavy atom. The highest BCUT2D eigenvalue weighted by Crippen LogP contribution is 2.18. The van der Waals surface area contributed by atoms with Crippen LogP contribution in [0.2, 0.25) is 5.02 Å². The predicted molar refractivity (Wildman–Crippen MR) is 90.7 cm³/mol. The lowest BCUT2D eigenvalue weighted by molar-refractivity contribution is -0.130. The molecule has 0 atom stereocenters. The first-order valence-electron chi connectivity index (χ1n) is 7.70. The fourth-order valence-corrected chi connectivity index (χ4v) is 2.86. The average molecular weight is 331 g/mol. The Hall–Kier alpha value is -2.14. The van der Waals surface area contributed by atoms with E-state index in [2.05, 4.69) is 15.1 Å². The predicted octanol–water partition coefficient (Wildman–Crippen LogP) is 2.33. The van der Waals surface area contributed by atoms with Crippen molar-refractivity contribution in [3.05, 3.63) is 52.7 Å². The van der Waals surface area contributed by atoms with Crippen LogP contribution in [-0.4, -0.2) is 47.2 Å². The van der Waals surface area contributed by atoms with Gasteiger partial charge < -0.3 is 9.80 Å². The fourth-order valence-electron chi connectivity index (χ4n) is 2.66. The number of nitrogens with zero attached hydrogens (tertiary/aromatic N) is 4. The van der Waals surface area contributed by atoms with Crippen LogP contribution >= 0.6 is 11.6 Å². The van der Waals surface area contributed by atoms with Crippen molar-refractivity contribution in [1.82, 2.24) is 15.1 Å². The molecule has 0 aliphatic carbocycles. The number of aryl methyl sites for hydroxylation is 1. The molecule has 1 aliphatic rings. The van der Waals surface area contributed by atoms with E-state index in [1.165, 1.54) is 0 Å². The molecule has 0 bridgehead atoms. The number of piperazine rings is 1. The van der Waals surface area contributed by atoms with E-state index in [0.29, 0.717) is 24.5 Å². The summed E-state index contributed by atoms with van der Waals surface area (Å²) in [7, 11) is 0. The second-order valence-corrected chi connectivity index (χ2v) is 6.08. The molecule has 0 unspecified atom stereocenters. The number of carbonyl (C=O) groups excluding carboxylic acids is 1. The van der Waals surface area contributed by atoms with Crippen LogP contribution in [0.5, 0.6) is 0 Å². The summed E-state index contributed by atoms with van der Waals surface area (Å²) in [6, 6.07) is 11.4. The summed E-state index contributed by atoms with van der Waals surface area (Å²) in [4.78, 5) is 16.5. The van der Waals surface area contributed by atoms with Gasteiger partial charge >= 0.3 is 0 Å². The molecule has 1 saturated heterocycles. The van der Waals surface area contributed by atoms with Gasteiger partial charge in [0, 0.05) is 31.2 Å². The van der Waals surface area contributed by atoms with Crippen molar-refractivity contribution >= 4 is 23.3 Å². The van der Waals surface area contributed by atoms with Gasteiger partial charge in [0.15, 0.2) is 5.82 Å². The number of carbonyl (C=O) groups is 1. The second kappa shape index (κ2) is 6.96. The zero-order chi connectivity index (χ0) is 16.2. The summed E-state index contributed by atoms with van der Waals surface area (Å²) in [6.07, 6.45) is 0.351. The molecule has 3 rings (SSSR count). The molecule has 120 valence electrons. The molecule has 0 N–H and O–H groups in total. The largest absolute Gasteiger partial charge is 0.352 e. The van der Waals surface area contributed by atoms with Crippen LogP contribution < -0.4 is 4.90 Å². The molecule has 5 nitrogen and oxygen atoms in total. The Labute approximate surface area is 140 Å². The molecule has 6 heteroatoms. The number of aromatic nitrogens is 2. The van der Waals surface area contributed by atoms with Crippen molar-refractivity contribution in [2.75, 3.05) is 31.1 Å². The highest BCUT2D eigenvalue weighted by molar-refractivity contribution is 6.31. The number of halogens is 1. The Bertz CT molecular complexity index is 681. The van der Waals surface area contributed by atoms with E-state index >= 15 is 0 Å². The lowest BCUT2D eigenvalue weighted by Crippen LogP contribution is -2.49. The molecule has 1 aromatic carbocycles. The van der Waals surface area contributed by atoms with Crippen LogP contribution in [0.4, 0.5) is 5.82 Å². The summed E-state index contributed by atoms with van der Waals surface area (Å²) in [5, 5.41) is 8.94. The zero-order valence-electron chi connectivity index (χ0n) is 13.1. The van der Waals surface area contributed by atoms with Crippen molar-refractivity contribution in [3.63, 3.8) is 0 Å². The molecule has 2 heterocycles. The van der Waals surface area contributed by atoms with Gasteiger partial charge in [0.05, 0.1) is 12.1 Å². The van der Waals surface area contributed by atoms with Gasteiger partial charge in [-0.25, -0.2) is 0 Å². The molecular weight excluding hydrogens is 312 g/mol. The molecule has 0 spiro atoms. The van der Waals surface area contributed by atoms with Crippen molar-refractivity contribution in [2.45, 2.75) is 13.3 Å². The summed E-state index contributed by atoms with van der Waals surface area (Å²) in [5.41, 5.74) is 1.79. The monoisotopic (exact) mass is 330 g/mol. The van der Waals surface area contributed by atoms with Crippen molar-refractivity contribution < 1.29 is 4.79 Å². The standard InChI is InChI=1S/C17H19ClN4O/c1-13-6-7-16(20-19-13)21-8-10-22(11-9-21)17(23)12-14-4-2-3-5-15(14)18/h2-7H,8-12H2,1H3. The Morgan fingerprint density at radius 2 is 1.83 bits per heavy atom. The minimum absolute atomic E-state index is 0.118. The summed E-state index contributed by atoms with van der Waals surface area (Å²) >= 11 is 6.13. The maximum Gasteiger partial charge on any atom is 0.227 e. The molecule has 1 aliphatic heterocycles. The van der Waals surface area contributed by atoms with Gasteiger partial charge in [0.1, 0.15) is 0 Å². The van der Waals surface area contributed by atoms with Crippen molar-refractivity contribution in [1.29, 1.82) is 0 Å². The van der Waals surface area contributed by atoms with Gasteiger partial charge in [0.2, 0.25) is 5.91 Å². The van der Waals surface area contributed by atoms with E-state index in [1.807, 2.05) is 48.2 Å². The summed E-state index contributed by atoms with van der Waals surface area (Å²) in [5.74, 6) is 0.988. The number of anilines is 1. The minimum atomic E-state index is 0.118. The first kappa shape index (κ1) is 15.7. The normalized spacial score (nSPS) is 14.9. The van der Waals surface area contributed by atoms with Crippen LogP contribution in [-0.2, 0) is 11.2 Å².